The minimum Gasteiger partial charge on any atom is -0.369 e. The second-order valence-electron chi connectivity index (χ2n) is 7.14. The molecule has 1 unspecified atom stereocenters. The van der Waals surface area contributed by atoms with Gasteiger partial charge in [-0.15, -0.1) is 0 Å². The van der Waals surface area contributed by atoms with Crippen LogP contribution >= 0.6 is 0 Å². The van der Waals surface area contributed by atoms with Crippen LogP contribution < -0.4 is 11.1 Å². The van der Waals surface area contributed by atoms with Crippen LogP contribution in [0, 0.1) is 0 Å². The maximum atomic E-state index is 6.22. The van der Waals surface area contributed by atoms with Gasteiger partial charge in [-0.2, -0.15) is 0 Å². The number of aryl methyl sites for hydroxylation is 2. The zero-order valence-electron chi connectivity index (χ0n) is 15.4. The summed E-state index contributed by atoms with van der Waals surface area (Å²) in [6.07, 6.45) is 3.36. The molecule has 0 radical (unpaired) electrons. The molecule has 1 aliphatic carbocycles. The summed E-state index contributed by atoms with van der Waals surface area (Å²) in [5.41, 5.74) is 12.3. The second-order valence-corrected chi connectivity index (χ2v) is 7.14. The fourth-order valence-corrected chi connectivity index (χ4v) is 3.79. The number of nitrogens with one attached hydrogen (secondary N) is 1. The van der Waals surface area contributed by atoms with Crippen molar-refractivity contribution in [1.29, 1.82) is 0 Å². The molecule has 3 N–H and O–H groups in total. The van der Waals surface area contributed by atoms with Crippen LogP contribution in [-0.2, 0) is 12.8 Å². The molecule has 0 aromatic heterocycles. The first-order chi connectivity index (χ1) is 12.7. The maximum Gasteiger partial charge on any atom is 0.198 e. The summed E-state index contributed by atoms with van der Waals surface area (Å²) in [5.74, 6) is 0.955. The average molecular weight is 343 g/mol. The predicted molar refractivity (Wildman–Crippen MR) is 111 cm³/mol. The van der Waals surface area contributed by atoms with Crippen LogP contribution in [0.3, 0.4) is 0 Å². The van der Waals surface area contributed by atoms with Gasteiger partial charge in [-0.3, -0.25) is 0 Å². The van der Waals surface area contributed by atoms with Crippen molar-refractivity contribution < 1.29 is 0 Å². The molecular formula is C23H25N3. The highest BCUT2D eigenvalue weighted by Gasteiger charge is 2.15. The normalized spacial score (nSPS) is 14.6. The van der Waals surface area contributed by atoms with Crippen molar-refractivity contribution in [3.8, 4) is 0 Å². The molecule has 26 heavy (non-hydrogen) atoms. The Morgan fingerprint density at radius 2 is 1.85 bits per heavy atom. The monoisotopic (exact) mass is 343 g/mol. The van der Waals surface area contributed by atoms with Crippen LogP contribution in [0.15, 0.2) is 59.6 Å². The van der Waals surface area contributed by atoms with E-state index in [2.05, 4.69) is 72.7 Å². The van der Waals surface area contributed by atoms with Gasteiger partial charge < -0.3 is 11.1 Å². The quantitative estimate of drug-likeness (QED) is 0.485. The summed E-state index contributed by atoms with van der Waals surface area (Å²) in [5, 5.41) is 5.80. The molecule has 0 aliphatic heterocycles. The number of hydrogen-bond donors (Lipinski definition) is 2. The number of nitrogens with two attached hydrogens (primary N) is 1. The zero-order chi connectivity index (χ0) is 18.1. The van der Waals surface area contributed by atoms with Crippen LogP contribution in [0.4, 0.5) is 11.4 Å². The first-order valence-electron chi connectivity index (χ1n) is 9.40. The van der Waals surface area contributed by atoms with E-state index >= 15 is 0 Å². The third-order valence-corrected chi connectivity index (χ3v) is 5.44. The summed E-state index contributed by atoms with van der Waals surface area (Å²) in [7, 11) is 0. The molecule has 132 valence electrons. The summed E-state index contributed by atoms with van der Waals surface area (Å²) in [6, 6.07) is 19.2. The van der Waals surface area contributed by atoms with Crippen molar-refractivity contribution in [2.75, 3.05) is 5.32 Å². The van der Waals surface area contributed by atoms with E-state index in [0.717, 1.165) is 30.6 Å². The van der Waals surface area contributed by atoms with Gasteiger partial charge in [0.15, 0.2) is 5.96 Å². The van der Waals surface area contributed by atoms with Gasteiger partial charge in [0.25, 0.3) is 0 Å². The van der Waals surface area contributed by atoms with Gasteiger partial charge >= 0.3 is 0 Å². The summed E-state index contributed by atoms with van der Waals surface area (Å²) in [6.45, 7) is 4.44. The number of nitrogens with zero attached hydrogens (tertiary/aromatic N) is 1. The van der Waals surface area contributed by atoms with E-state index in [1.165, 1.54) is 27.5 Å². The van der Waals surface area contributed by atoms with Crippen molar-refractivity contribution in [2.45, 2.75) is 39.0 Å². The van der Waals surface area contributed by atoms with E-state index in [-0.39, 0.29) is 0 Å². The molecule has 1 atom stereocenters. The van der Waals surface area contributed by atoms with Crippen molar-refractivity contribution in [1.82, 2.24) is 0 Å². The molecule has 3 aromatic carbocycles. The van der Waals surface area contributed by atoms with Crippen LogP contribution in [0.5, 0.6) is 0 Å². The molecular weight excluding hydrogens is 318 g/mol. The molecule has 0 heterocycles. The molecule has 3 aromatic rings. The van der Waals surface area contributed by atoms with E-state index < -0.39 is 0 Å². The molecule has 0 saturated heterocycles. The molecule has 0 bridgehead atoms. The van der Waals surface area contributed by atoms with Crippen LogP contribution in [0.2, 0.25) is 0 Å². The lowest BCUT2D eigenvalue weighted by Gasteiger charge is -2.12. The molecule has 4 rings (SSSR count). The van der Waals surface area contributed by atoms with E-state index in [0.29, 0.717) is 11.9 Å². The minimum atomic E-state index is 0.421. The number of aliphatic imine (C=N–C) groups is 1. The summed E-state index contributed by atoms with van der Waals surface area (Å²) < 4.78 is 0. The minimum absolute atomic E-state index is 0.421. The Labute approximate surface area is 155 Å². The highest BCUT2D eigenvalue weighted by molar-refractivity contribution is 6.02. The second kappa shape index (κ2) is 6.83. The molecule has 3 heteroatoms. The SMILES string of the molecule is CCC(C)c1cccc(NC(N)=Nc2ccc3c4c(cccc24)CC3)c1. The molecule has 0 saturated carbocycles. The Bertz CT molecular complexity index is 978. The number of hydrogen-bond acceptors (Lipinski definition) is 1. The fraction of sp³-hybridized carbons (Fsp3) is 0.261. The number of guanidine groups is 1. The first-order valence-corrected chi connectivity index (χ1v) is 9.40. The molecule has 0 fully saturated rings. The fourth-order valence-electron chi connectivity index (χ4n) is 3.79. The number of benzene rings is 3. The zero-order valence-corrected chi connectivity index (χ0v) is 15.4. The lowest BCUT2D eigenvalue weighted by molar-refractivity contribution is 0.734. The topological polar surface area (TPSA) is 50.4 Å². The smallest absolute Gasteiger partial charge is 0.198 e. The molecule has 3 nitrogen and oxygen atoms in total. The third-order valence-electron chi connectivity index (χ3n) is 5.44. The van der Waals surface area contributed by atoms with Crippen LogP contribution in [0.1, 0.15) is 42.9 Å². The van der Waals surface area contributed by atoms with E-state index in [1.807, 2.05) is 6.07 Å². The Kier molecular flexibility index (Phi) is 4.37. The Morgan fingerprint density at radius 3 is 2.65 bits per heavy atom. The van der Waals surface area contributed by atoms with Gasteiger partial charge in [0.1, 0.15) is 0 Å². The molecule has 1 aliphatic rings. The van der Waals surface area contributed by atoms with Crippen molar-refractivity contribution in [2.24, 2.45) is 10.7 Å². The van der Waals surface area contributed by atoms with Gasteiger partial charge in [-0.05, 0) is 65.5 Å². The summed E-state index contributed by atoms with van der Waals surface area (Å²) >= 11 is 0. The van der Waals surface area contributed by atoms with Gasteiger partial charge in [-0.1, -0.05) is 50.2 Å². The van der Waals surface area contributed by atoms with Crippen LogP contribution in [-0.4, -0.2) is 5.96 Å². The Morgan fingerprint density at radius 1 is 1.08 bits per heavy atom. The van der Waals surface area contributed by atoms with Gasteiger partial charge in [0.2, 0.25) is 0 Å². The van der Waals surface area contributed by atoms with E-state index in [9.17, 15) is 0 Å². The first kappa shape index (κ1) is 16.6. The Hall–Kier alpha value is -2.81. The van der Waals surface area contributed by atoms with Crippen LogP contribution in [0.25, 0.3) is 10.8 Å². The highest BCUT2D eigenvalue weighted by atomic mass is 15.1. The van der Waals surface area contributed by atoms with Crippen molar-refractivity contribution in [3.63, 3.8) is 0 Å². The largest absolute Gasteiger partial charge is 0.369 e. The summed E-state index contributed by atoms with van der Waals surface area (Å²) in [4.78, 5) is 4.67. The molecule has 0 amide bonds. The third kappa shape index (κ3) is 3.05. The lowest BCUT2D eigenvalue weighted by atomic mass is 9.98. The van der Waals surface area contributed by atoms with E-state index in [4.69, 9.17) is 5.73 Å². The predicted octanol–water partition coefficient (Wildman–Crippen LogP) is 5.51. The van der Waals surface area contributed by atoms with E-state index in [1.54, 1.807) is 0 Å². The number of anilines is 1. The highest BCUT2D eigenvalue weighted by Crippen LogP contribution is 2.36. The van der Waals surface area contributed by atoms with Crippen molar-refractivity contribution >= 4 is 28.1 Å². The maximum absolute atomic E-state index is 6.22. The van der Waals surface area contributed by atoms with Gasteiger partial charge in [-0.25, -0.2) is 4.99 Å². The number of rotatable bonds is 4. The standard InChI is InChI=1S/C23H25N3/c1-3-15(2)18-7-4-8-19(14-18)25-23(24)26-21-13-12-17-11-10-16-6-5-9-20(21)22(16)17/h4-9,12-15H,3,10-11H2,1-2H3,(H3,24,25,26). The molecule has 0 spiro atoms. The van der Waals surface area contributed by atoms with Crippen molar-refractivity contribution in [3.05, 3.63) is 71.3 Å². The van der Waals surface area contributed by atoms with Gasteiger partial charge in [0, 0.05) is 11.1 Å². The Balaban J connectivity index is 1.65. The lowest BCUT2D eigenvalue weighted by Crippen LogP contribution is -2.22. The van der Waals surface area contributed by atoms with Gasteiger partial charge in [0.05, 0.1) is 5.69 Å². The average Bonchev–Trinajstić information content (AvgIpc) is 3.08.